The van der Waals surface area contributed by atoms with E-state index in [0.717, 1.165) is 12.8 Å². The molecule has 22 heavy (non-hydrogen) atoms. The van der Waals surface area contributed by atoms with E-state index in [2.05, 4.69) is 22.8 Å². The number of carbonyl (C=O) groups is 1. The summed E-state index contributed by atoms with van der Waals surface area (Å²) < 4.78 is 22.8. The topological polar surface area (TPSA) is 75.3 Å². The van der Waals surface area contributed by atoms with E-state index in [0.29, 0.717) is 13.0 Å². The number of rotatable bonds is 4. The third kappa shape index (κ3) is 3.27. The Morgan fingerprint density at radius 1 is 1.23 bits per heavy atom. The number of sulfone groups is 1. The second-order valence-corrected chi connectivity index (χ2v) is 8.66. The number of carbonyl (C=O) groups excluding carboxylic acids is 1. The van der Waals surface area contributed by atoms with Crippen LogP contribution in [-0.2, 0) is 15.3 Å². The standard InChI is InChI=1S/C16H22N2O3S/c19-15(18-14-7-10-22(20,21)11-14)17-12-16(8-4-9-16)13-5-2-1-3-6-13/h1-3,5-6,14H,4,7-12H2,(H2,17,18,19). The molecule has 1 unspecified atom stereocenters. The summed E-state index contributed by atoms with van der Waals surface area (Å²) >= 11 is 0. The average Bonchev–Trinajstić information content (AvgIpc) is 2.78. The minimum absolute atomic E-state index is 0.0420. The molecule has 2 aliphatic rings. The van der Waals surface area contributed by atoms with Crippen LogP contribution in [0.2, 0.25) is 0 Å². The molecule has 2 amide bonds. The lowest BCUT2D eigenvalue weighted by atomic mass is 9.64. The molecule has 5 nitrogen and oxygen atoms in total. The van der Waals surface area contributed by atoms with Crippen molar-refractivity contribution in [2.45, 2.75) is 37.1 Å². The van der Waals surface area contributed by atoms with Crippen LogP contribution in [0.3, 0.4) is 0 Å². The summed E-state index contributed by atoms with van der Waals surface area (Å²) in [5.74, 6) is 0.232. The SMILES string of the molecule is O=C(NCC1(c2ccccc2)CCC1)NC1CCS(=O)(=O)C1. The predicted octanol–water partition coefficient (Wildman–Crippen LogP) is 1.59. The molecule has 2 fully saturated rings. The highest BCUT2D eigenvalue weighted by Gasteiger charge is 2.39. The maximum Gasteiger partial charge on any atom is 0.315 e. The van der Waals surface area contributed by atoms with Crippen molar-refractivity contribution in [3.8, 4) is 0 Å². The lowest BCUT2D eigenvalue weighted by Crippen LogP contribution is -2.50. The molecule has 6 heteroatoms. The van der Waals surface area contributed by atoms with Gasteiger partial charge in [0, 0.05) is 18.0 Å². The summed E-state index contributed by atoms with van der Waals surface area (Å²) in [6, 6.07) is 9.77. The second kappa shape index (κ2) is 5.91. The third-order valence-corrected chi connectivity index (χ3v) is 6.62. The Morgan fingerprint density at radius 2 is 1.95 bits per heavy atom. The van der Waals surface area contributed by atoms with Gasteiger partial charge in [-0.1, -0.05) is 36.8 Å². The number of hydrogen-bond donors (Lipinski definition) is 2. The summed E-state index contributed by atoms with van der Waals surface area (Å²) in [5.41, 5.74) is 1.31. The van der Waals surface area contributed by atoms with Crippen molar-refractivity contribution in [1.29, 1.82) is 0 Å². The highest BCUT2D eigenvalue weighted by molar-refractivity contribution is 7.91. The number of urea groups is 1. The molecule has 1 aromatic rings. The van der Waals surface area contributed by atoms with E-state index in [-0.39, 0.29) is 29.0 Å². The predicted molar refractivity (Wildman–Crippen MR) is 85.6 cm³/mol. The first-order chi connectivity index (χ1) is 10.5. The van der Waals surface area contributed by atoms with Crippen LogP contribution in [0.25, 0.3) is 0 Å². The van der Waals surface area contributed by atoms with Gasteiger partial charge >= 0.3 is 6.03 Å². The molecule has 120 valence electrons. The minimum atomic E-state index is -2.96. The Morgan fingerprint density at radius 3 is 2.50 bits per heavy atom. The molecule has 0 radical (unpaired) electrons. The largest absolute Gasteiger partial charge is 0.337 e. The molecule has 0 bridgehead atoms. The number of benzene rings is 1. The van der Waals surface area contributed by atoms with Crippen molar-refractivity contribution in [2.75, 3.05) is 18.1 Å². The molecule has 1 aliphatic carbocycles. The van der Waals surface area contributed by atoms with Crippen LogP contribution < -0.4 is 10.6 Å². The number of hydrogen-bond acceptors (Lipinski definition) is 3. The van der Waals surface area contributed by atoms with E-state index < -0.39 is 9.84 Å². The fraction of sp³-hybridized carbons (Fsp3) is 0.562. The quantitative estimate of drug-likeness (QED) is 0.884. The normalized spacial score (nSPS) is 25.2. The Balaban J connectivity index is 1.54. The van der Waals surface area contributed by atoms with E-state index >= 15 is 0 Å². The van der Waals surface area contributed by atoms with Crippen LogP contribution in [-0.4, -0.2) is 38.5 Å². The van der Waals surface area contributed by atoms with Gasteiger partial charge in [-0.3, -0.25) is 0 Å². The molecular formula is C16H22N2O3S. The van der Waals surface area contributed by atoms with Crippen molar-refractivity contribution in [2.24, 2.45) is 0 Å². The number of amides is 2. The smallest absolute Gasteiger partial charge is 0.315 e. The first-order valence-corrected chi connectivity index (χ1v) is 9.62. The second-order valence-electron chi connectivity index (χ2n) is 6.43. The van der Waals surface area contributed by atoms with E-state index in [9.17, 15) is 13.2 Å². The summed E-state index contributed by atoms with van der Waals surface area (Å²) in [4.78, 5) is 12.0. The Labute approximate surface area is 131 Å². The van der Waals surface area contributed by atoms with Crippen molar-refractivity contribution in [3.05, 3.63) is 35.9 Å². The van der Waals surface area contributed by atoms with Gasteiger partial charge in [-0.05, 0) is 24.8 Å². The average molecular weight is 322 g/mol. The van der Waals surface area contributed by atoms with Crippen LogP contribution in [0, 0.1) is 0 Å². The summed E-state index contributed by atoms with van der Waals surface area (Å²) in [5, 5.41) is 5.71. The minimum Gasteiger partial charge on any atom is -0.337 e. The molecule has 1 aliphatic heterocycles. The van der Waals surface area contributed by atoms with Gasteiger partial charge in [-0.2, -0.15) is 0 Å². The van der Waals surface area contributed by atoms with Crippen LogP contribution in [0.5, 0.6) is 0 Å². The zero-order valence-corrected chi connectivity index (χ0v) is 13.4. The molecule has 1 atom stereocenters. The molecule has 1 saturated carbocycles. The van der Waals surface area contributed by atoms with Gasteiger partial charge in [0.2, 0.25) is 0 Å². The zero-order valence-electron chi connectivity index (χ0n) is 12.5. The van der Waals surface area contributed by atoms with E-state index in [1.54, 1.807) is 0 Å². The van der Waals surface area contributed by atoms with Gasteiger partial charge in [0.25, 0.3) is 0 Å². The lowest BCUT2D eigenvalue weighted by Gasteiger charge is -2.42. The Kier molecular flexibility index (Phi) is 4.12. The summed E-state index contributed by atoms with van der Waals surface area (Å²) in [6.07, 6.45) is 3.85. The molecular weight excluding hydrogens is 300 g/mol. The first-order valence-electron chi connectivity index (χ1n) is 7.79. The van der Waals surface area contributed by atoms with Crippen LogP contribution >= 0.6 is 0 Å². The molecule has 1 heterocycles. The first kappa shape index (κ1) is 15.3. The highest BCUT2D eigenvalue weighted by Crippen LogP contribution is 2.43. The van der Waals surface area contributed by atoms with Crippen LogP contribution in [0.4, 0.5) is 4.79 Å². The van der Waals surface area contributed by atoms with E-state index in [1.807, 2.05) is 18.2 Å². The molecule has 2 N–H and O–H groups in total. The third-order valence-electron chi connectivity index (χ3n) is 4.85. The Bertz CT molecular complexity index is 639. The van der Waals surface area contributed by atoms with Crippen LogP contribution in [0.15, 0.2) is 30.3 Å². The lowest BCUT2D eigenvalue weighted by molar-refractivity contribution is 0.213. The molecule has 1 aromatic carbocycles. The monoisotopic (exact) mass is 322 g/mol. The number of nitrogens with one attached hydrogen (secondary N) is 2. The van der Waals surface area contributed by atoms with Gasteiger partial charge < -0.3 is 10.6 Å². The highest BCUT2D eigenvalue weighted by atomic mass is 32.2. The van der Waals surface area contributed by atoms with Crippen molar-refractivity contribution in [3.63, 3.8) is 0 Å². The zero-order chi connectivity index (χ0) is 15.6. The van der Waals surface area contributed by atoms with Gasteiger partial charge in [0.1, 0.15) is 0 Å². The van der Waals surface area contributed by atoms with Crippen molar-refractivity contribution >= 4 is 15.9 Å². The molecule has 0 spiro atoms. The van der Waals surface area contributed by atoms with Gasteiger partial charge in [-0.25, -0.2) is 13.2 Å². The molecule has 1 saturated heterocycles. The van der Waals surface area contributed by atoms with Gasteiger partial charge in [-0.15, -0.1) is 0 Å². The van der Waals surface area contributed by atoms with E-state index in [1.165, 1.54) is 12.0 Å². The van der Waals surface area contributed by atoms with Gasteiger partial charge in [0.15, 0.2) is 9.84 Å². The van der Waals surface area contributed by atoms with Gasteiger partial charge in [0.05, 0.1) is 11.5 Å². The van der Waals surface area contributed by atoms with E-state index in [4.69, 9.17) is 0 Å². The summed E-state index contributed by atoms with van der Waals surface area (Å²) in [6.45, 7) is 0.600. The maximum absolute atomic E-state index is 12.0. The summed E-state index contributed by atoms with van der Waals surface area (Å²) in [7, 11) is -2.96. The maximum atomic E-state index is 12.0. The van der Waals surface area contributed by atoms with Crippen molar-refractivity contribution in [1.82, 2.24) is 10.6 Å². The fourth-order valence-corrected chi connectivity index (χ4v) is 5.03. The van der Waals surface area contributed by atoms with Crippen LogP contribution in [0.1, 0.15) is 31.2 Å². The fourth-order valence-electron chi connectivity index (χ4n) is 3.36. The van der Waals surface area contributed by atoms with Crippen molar-refractivity contribution < 1.29 is 13.2 Å². The Hall–Kier alpha value is -1.56. The molecule has 3 rings (SSSR count). The molecule has 0 aromatic heterocycles.